The van der Waals surface area contributed by atoms with E-state index in [1.54, 1.807) is 3.33 Å². The van der Waals surface area contributed by atoms with Gasteiger partial charge in [-0.25, -0.2) is 0 Å². The number of allylic oxidation sites excluding steroid dienone is 4. The first-order valence-corrected chi connectivity index (χ1v) is 28.0. The van der Waals surface area contributed by atoms with Crippen molar-refractivity contribution in [3.8, 4) is 33.4 Å². The Hall–Kier alpha value is -4.01. The molecular weight excluding hydrogens is 898 g/mol. The van der Waals surface area contributed by atoms with Crippen LogP contribution in [0.1, 0.15) is 96.1 Å². The number of hydrogen-bond acceptors (Lipinski definition) is 0. The largest absolute Gasteiger partial charge is 1.00 e. The summed E-state index contributed by atoms with van der Waals surface area (Å²) in [5, 5.41) is 0. The smallest absolute Gasteiger partial charge is 1.00 e. The van der Waals surface area contributed by atoms with Crippen molar-refractivity contribution in [2.75, 3.05) is 0 Å². The normalized spacial score (nSPS) is 13.0. The van der Waals surface area contributed by atoms with Crippen molar-refractivity contribution >= 4 is 7.52 Å². The van der Waals surface area contributed by atoms with Crippen LogP contribution in [-0.4, -0.2) is 7.52 Å². The minimum atomic E-state index is -4.09. The summed E-state index contributed by atoms with van der Waals surface area (Å²) in [5.74, 6) is 0. The van der Waals surface area contributed by atoms with E-state index in [2.05, 4.69) is 215 Å². The van der Waals surface area contributed by atoms with Crippen LogP contribution in [0.25, 0.3) is 33.4 Å². The third kappa shape index (κ3) is 8.32. The maximum Gasteiger partial charge on any atom is -1.00 e. The van der Waals surface area contributed by atoms with Crippen molar-refractivity contribution < 1.29 is 43.8 Å². The van der Waals surface area contributed by atoms with Crippen LogP contribution >= 0.6 is 0 Å². The van der Waals surface area contributed by atoms with E-state index in [1.165, 1.54) is 77.9 Å². The molecule has 0 fully saturated rings. The SMILES string of the molecule is Cc1cc2c(cc1C(C)(C)C)-c1cc(C(C)(C)C)c(C)cc1[CH]2[Hf+2](=[CH]c1ccc(-c2ccccc2)cc1)(=[CH]c1ccc(-c2ccccc2)cc1)[C]1=CC=CC1.[Cl-].[Cl-]. The quantitative estimate of drug-likeness (QED) is 0.149. The molecule has 0 aromatic heterocycles. The Morgan fingerprint density at radius 3 is 1.25 bits per heavy atom. The van der Waals surface area contributed by atoms with E-state index in [4.69, 9.17) is 0 Å². The number of hydrogen-bond donors (Lipinski definition) is 0. The molecule has 0 aliphatic heterocycles. The van der Waals surface area contributed by atoms with E-state index in [0.29, 0.717) is 3.67 Å². The molecule has 3 heteroatoms. The Kier molecular flexibility index (Phi) is 12.5. The zero-order valence-electron chi connectivity index (χ0n) is 34.6. The molecule has 288 valence electrons. The predicted octanol–water partition coefficient (Wildman–Crippen LogP) is 8.01. The van der Waals surface area contributed by atoms with Crippen LogP contribution in [0.15, 0.2) is 155 Å². The minimum Gasteiger partial charge on any atom is -1.00 e. The molecule has 2 aliphatic carbocycles. The number of benzene rings is 6. The van der Waals surface area contributed by atoms with Gasteiger partial charge in [0.1, 0.15) is 0 Å². The zero-order chi connectivity index (χ0) is 38.5. The molecule has 0 unspecified atom stereocenters. The number of halogens is 2. The molecule has 0 saturated heterocycles. The van der Waals surface area contributed by atoms with Gasteiger partial charge in [0.15, 0.2) is 0 Å². The number of aryl methyl sites for hydroxylation is 2. The molecule has 0 nitrogen and oxygen atoms in total. The zero-order valence-corrected chi connectivity index (χ0v) is 39.7. The van der Waals surface area contributed by atoms with Crippen LogP contribution in [-0.2, 0) is 29.8 Å². The van der Waals surface area contributed by atoms with Crippen LogP contribution in [0.3, 0.4) is 0 Å². The van der Waals surface area contributed by atoms with Crippen molar-refractivity contribution in [3.05, 3.63) is 200 Å². The summed E-state index contributed by atoms with van der Waals surface area (Å²) in [4.78, 5) is 0. The maximum absolute atomic E-state index is 4.09. The molecule has 0 radical (unpaired) electrons. The Balaban J connectivity index is 0.00000275. The molecule has 0 amide bonds. The van der Waals surface area contributed by atoms with Crippen molar-refractivity contribution in [2.24, 2.45) is 0 Å². The maximum atomic E-state index is 2.81. The van der Waals surface area contributed by atoms with Gasteiger partial charge in [0.05, 0.1) is 0 Å². The summed E-state index contributed by atoms with van der Waals surface area (Å²) in [6.07, 6.45) is 8.22. The van der Waals surface area contributed by atoms with Gasteiger partial charge in [-0.15, -0.1) is 0 Å². The monoisotopic (exact) mass is 952 g/mol. The fraction of sp³-hybridized carbons (Fsp3) is 0.222. The van der Waals surface area contributed by atoms with Crippen molar-refractivity contribution in [1.82, 2.24) is 0 Å². The van der Waals surface area contributed by atoms with Gasteiger partial charge in [0, 0.05) is 0 Å². The molecule has 0 bridgehead atoms. The molecule has 2 aliphatic rings. The van der Waals surface area contributed by atoms with Crippen molar-refractivity contribution in [1.29, 1.82) is 0 Å². The summed E-state index contributed by atoms with van der Waals surface area (Å²) < 4.78 is 7.57. The molecule has 6 aromatic carbocycles. The topological polar surface area (TPSA) is 0 Å². The Morgan fingerprint density at radius 2 is 0.895 bits per heavy atom. The molecule has 6 aromatic rings. The third-order valence-corrected chi connectivity index (χ3v) is 28.8. The van der Waals surface area contributed by atoms with Crippen LogP contribution in [0, 0.1) is 13.8 Å². The van der Waals surface area contributed by atoms with Gasteiger partial charge in [-0.2, -0.15) is 0 Å². The first-order chi connectivity index (χ1) is 26.3. The van der Waals surface area contributed by atoms with Crippen LogP contribution in [0.2, 0.25) is 0 Å². The third-order valence-electron chi connectivity index (χ3n) is 12.0. The van der Waals surface area contributed by atoms with E-state index < -0.39 is 19.0 Å². The van der Waals surface area contributed by atoms with Crippen LogP contribution in [0.5, 0.6) is 0 Å². The average molecular weight is 952 g/mol. The molecule has 0 spiro atoms. The molecule has 0 saturated carbocycles. The first kappa shape index (κ1) is 42.6. The van der Waals surface area contributed by atoms with E-state index in [1.807, 2.05) is 0 Å². The van der Waals surface area contributed by atoms with Gasteiger partial charge in [-0.05, 0) is 0 Å². The van der Waals surface area contributed by atoms with E-state index in [-0.39, 0.29) is 35.6 Å². The van der Waals surface area contributed by atoms with Gasteiger partial charge >= 0.3 is 336 Å². The Bertz CT molecular complexity index is 2420. The fourth-order valence-electron chi connectivity index (χ4n) is 9.41. The summed E-state index contributed by atoms with van der Waals surface area (Å²) in [7, 11) is 0. The van der Waals surface area contributed by atoms with Gasteiger partial charge in [0.25, 0.3) is 0 Å². The molecular formula is C54H54Cl2Hf. The average Bonchev–Trinajstić information content (AvgIpc) is 3.82. The minimum absolute atomic E-state index is 0. The van der Waals surface area contributed by atoms with Gasteiger partial charge in [0.2, 0.25) is 0 Å². The Labute approximate surface area is 357 Å². The standard InChI is InChI=1S/C23H29.2C13H10.C5H5.2ClH.Hf/c1-14-9-16-11-17-10-15(2)21(23(6,7)8)13-19(17)18(16)12-20(14)22(3,4)5;2*1-11-7-9-13(10-8-11)12-5-3-2-4-6-12;1-2-4-5-3-1;;;/h9-13H,1-8H3;2*1-10H;1-3H,4H2;2*1H;/q;;;;;;+2/p-2. The van der Waals surface area contributed by atoms with Gasteiger partial charge in [-0.3, -0.25) is 0 Å². The van der Waals surface area contributed by atoms with Crippen LogP contribution in [0.4, 0.5) is 0 Å². The first-order valence-electron chi connectivity index (χ1n) is 20.0. The molecule has 0 heterocycles. The van der Waals surface area contributed by atoms with E-state index in [9.17, 15) is 0 Å². The van der Waals surface area contributed by atoms with Crippen LogP contribution < -0.4 is 24.8 Å². The van der Waals surface area contributed by atoms with Crippen molar-refractivity contribution in [3.63, 3.8) is 0 Å². The number of fused-ring (bicyclic) bond motifs is 3. The second-order valence-electron chi connectivity index (χ2n) is 18.0. The van der Waals surface area contributed by atoms with Gasteiger partial charge < -0.3 is 24.8 Å². The van der Waals surface area contributed by atoms with E-state index >= 15 is 0 Å². The predicted molar refractivity (Wildman–Crippen MR) is 237 cm³/mol. The summed E-state index contributed by atoms with van der Waals surface area (Å²) in [6.45, 7) is 18.9. The van der Waals surface area contributed by atoms with E-state index in [0.717, 1.165) is 6.42 Å². The summed E-state index contributed by atoms with van der Waals surface area (Å²) in [5.41, 5.74) is 19.4. The molecule has 0 N–H and O–H groups in total. The van der Waals surface area contributed by atoms with Gasteiger partial charge in [-0.1, -0.05) is 0 Å². The Morgan fingerprint density at radius 1 is 0.509 bits per heavy atom. The second-order valence-corrected chi connectivity index (χ2v) is 31.1. The molecule has 57 heavy (non-hydrogen) atoms. The number of rotatable bonds is 6. The summed E-state index contributed by atoms with van der Waals surface area (Å²) in [6, 6.07) is 50.7. The summed E-state index contributed by atoms with van der Waals surface area (Å²) >= 11 is -4.09. The molecule has 8 rings (SSSR count). The second kappa shape index (κ2) is 16.7. The van der Waals surface area contributed by atoms with Crippen molar-refractivity contribution in [2.45, 2.75) is 76.3 Å². The fourth-order valence-corrected chi connectivity index (χ4v) is 27.4. The molecule has 0 atom stereocenters.